The predicted octanol–water partition coefficient (Wildman–Crippen LogP) is 3.17. The number of hydrogen-bond donors (Lipinski definition) is 1. The number of nitrogens with zero attached hydrogens (tertiary/aromatic N) is 2. The van der Waals surface area contributed by atoms with Gasteiger partial charge in [0.25, 0.3) is 0 Å². The molecular formula is C24H29N3O. The van der Waals surface area contributed by atoms with Crippen LogP contribution < -0.4 is 5.32 Å². The first kappa shape index (κ1) is 18.9. The van der Waals surface area contributed by atoms with Crippen molar-refractivity contribution in [3.63, 3.8) is 0 Å². The number of amides is 1. The maximum atomic E-state index is 12.5. The molecule has 4 heteroatoms. The highest BCUT2D eigenvalue weighted by atomic mass is 16.2. The van der Waals surface area contributed by atoms with Gasteiger partial charge in [0.05, 0.1) is 6.54 Å². The summed E-state index contributed by atoms with van der Waals surface area (Å²) in [7, 11) is 0. The molecule has 0 saturated carbocycles. The van der Waals surface area contributed by atoms with Crippen molar-refractivity contribution in [2.24, 2.45) is 0 Å². The van der Waals surface area contributed by atoms with Crippen molar-refractivity contribution in [2.75, 3.05) is 32.7 Å². The van der Waals surface area contributed by atoms with Gasteiger partial charge in [-0.15, -0.1) is 0 Å². The Morgan fingerprint density at radius 2 is 1.71 bits per heavy atom. The molecule has 2 aliphatic heterocycles. The lowest BCUT2D eigenvalue weighted by Gasteiger charge is -2.26. The summed E-state index contributed by atoms with van der Waals surface area (Å²) in [5, 5.41) is 3.24. The van der Waals surface area contributed by atoms with Crippen molar-refractivity contribution in [2.45, 2.75) is 25.4 Å². The Morgan fingerprint density at radius 1 is 0.964 bits per heavy atom. The minimum atomic E-state index is 0.156. The molecule has 1 saturated heterocycles. The van der Waals surface area contributed by atoms with Crippen LogP contribution in [0.25, 0.3) is 5.57 Å². The van der Waals surface area contributed by atoms with Gasteiger partial charge in [-0.2, -0.15) is 0 Å². The summed E-state index contributed by atoms with van der Waals surface area (Å²) >= 11 is 0. The van der Waals surface area contributed by atoms with E-state index in [2.05, 4.69) is 75.8 Å². The van der Waals surface area contributed by atoms with Gasteiger partial charge in [0.15, 0.2) is 0 Å². The smallest absolute Gasteiger partial charge is 0.234 e. The van der Waals surface area contributed by atoms with Gasteiger partial charge in [0.1, 0.15) is 0 Å². The van der Waals surface area contributed by atoms with Gasteiger partial charge < -0.3 is 5.32 Å². The second-order valence-corrected chi connectivity index (χ2v) is 7.85. The first-order chi connectivity index (χ1) is 13.8. The normalized spacial score (nSPS) is 20.7. The van der Waals surface area contributed by atoms with Gasteiger partial charge in [-0.05, 0) is 29.5 Å². The number of benzene rings is 2. The van der Waals surface area contributed by atoms with E-state index in [1.165, 1.54) is 16.7 Å². The third kappa shape index (κ3) is 5.09. The molecule has 0 aromatic heterocycles. The largest absolute Gasteiger partial charge is 0.351 e. The SMILES string of the molecule is O=C(CN1CC=C(c2ccccc2)CC1)N[C@@H]1CCN(Cc2ccccc2)C1. The van der Waals surface area contributed by atoms with E-state index in [1.807, 2.05) is 6.07 Å². The van der Waals surface area contributed by atoms with E-state index < -0.39 is 0 Å². The van der Waals surface area contributed by atoms with Crippen LogP contribution in [0.2, 0.25) is 0 Å². The summed E-state index contributed by atoms with van der Waals surface area (Å²) in [6, 6.07) is 21.4. The number of carbonyl (C=O) groups excluding carboxylic acids is 1. The quantitative estimate of drug-likeness (QED) is 0.842. The molecule has 1 amide bonds. The van der Waals surface area contributed by atoms with Gasteiger partial charge in [-0.25, -0.2) is 0 Å². The van der Waals surface area contributed by atoms with Crippen LogP contribution in [-0.4, -0.2) is 54.5 Å². The van der Waals surface area contributed by atoms with E-state index in [9.17, 15) is 4.79 Å². The van der Waals surface area contributed by atoms with E-state index in [4.69, 9.17) is 0 Å². The Morgan fingerprint density at radius 3 is 2.43 bits per heavy atom. The lowest BCUT2D eigenvalue weighted by atomic mass is 10.00. The average molecular weight is 376 g/mol. The van der Waals surface area contributed by atoms with Crippen LogP contribution in [0.4, 0.5) is 0 Å². The first-order valence-electron chi connectivity index (χ1n) is 10.3. The molecule has 0 aliphatic carbocycles. The Balaban J connectivity index is 1.21. The minimum absolute atomic E-state index is 0.156. The molecular weight excluding hydrogens is 346 g/mol. The lowest BCUT2D eigenvalue weighted by Crippen LogP contribution is -2.44. The van der Waals surface area contributed by atoms with E-state index in [0.717, 1.165) is 45.6 Å². The summed E-state index contributed by atoms with van der Waals surface area (Å²) in [4.78, 5) is 17.2. The third-order valence-electron chi connectivity index (χ3n) is 5.69. The molecule has 2 aliphatic rings. The Labute approximate surface area is 167 Å². The van der Waals surface area contributed by atoms with E-state index in [1.54, 1.807) is 0 Å². The maximum Gasteiger partial charge on any atom is 0.234 e. The second-order valence-electron chi connectivity index (χ2n) is 7.85. The summed E-state index contributed by atoms with van der Waals surface area (Å²) in [6.45, 7) is 5.24. The molecule has 1 N–H and O–H groups in total. The zero-order valence-corrected chi connectivity index (χ0v) is 16.4. The number of hydrogen-bond acceptors (Lipinski definition) is 3. The summed E-state index contributed by atoms with van der Waals surface area (Å²) in [6.07, 6.45) is 4.31. The highest BCUT2D eigenvalue weighted by Crippen LogP contribution is 2.21. The molecule has 0 bridgehead atoms. The zero-order valence-electron chi connectivity index (χ0n) is 16.4. The van der Waals surface area contributed by atoms with Crippen molar-refractivity contribution in [1.29, 1.82) is 0 Å². The number of nitrogens with one attached hydrogen (secondary N) is 1. The van der Waals surface area contributed by atoms with E-state index in [0.29, 0.717) is 6.54 Å². The van der Waals surface area contributed by atoms with Crippen LogP contribution in [0.3, 0.4) is 0 Å². The first-order valence-corrected chi connectivity index (χ1v) is 10.3. The molecule has 0 spiro atoms. The molecule has 2 heterocycles. The van der Waals surface area contributed by atoms with Crippen molar-refractivity contribution in [3.05, 3.63) is 77.9 Å². The van der Waals surface area contributed by atoms with Gasteiger partial charge in [0, 0.05) is 38.8 Å². The maximum absolute atomic E-state index is 12.5. The predicted molar refractivity (Wildman–Crippen MR) is 114 cm³/mol. The van der Waals surface area contributed by atoms with Crippen LogP contribution in [-0.2, 0) is 11.3 Å². The molecule has 1 fully saturated rings. The highest BCUT2D eigenvalue weighted by Gasteiger charge is 2.24. The molecule has 146 valence electrons. The number of rotatable bonds is 6. The molecule has 2 aromatic rings. The van der Waals surface area contributed by atoms with E-state index in [-0.39, 0.29) is 11.9 Å². The van der Waals surface area contributed by atoms with Crippen molar-refractivity contribution in [3.8, 4) is 0 Å². The Kier molecular flexibility index (Phi) is 6.20. The van der Waals surface area contributed by atoms with Crippen LogP contribution in [0.15, 0.2) is 66.7 Å². The lowest BCUT2D eigenvalue weighted by molar-refractivity contribution is -0.122. The van der Waals surface area contributed by atoms with Crippen LogP contribution in [0.5, 0.6) is 0 Å². The van der Waals surface area contributed by atoms with Gasteiger partial charge in [-0.1, -0.05) is 66.7 Å². The molecule has 4 rings (SSSR count). The number of carbonyl (C=O) groups is 1. The van der Waals surface area contributed by atoms with Gasteiger partial charge in [0.2, 0.25) is 5.91 Å². The van der Waals surface area contributed by atoms with Crippen molar-refractivity contribution < 1.29 is 4.79 Å². The van der Waals surface area contributed by atoms with Gasteiger partial charge >= 0.3 is 0 Å². The summed E-state index contributed by atoms with van der Waals surface area (Å²) in [5.74, 6) is 0.156. The van der Waals surface area contributed by atoms with Crippen LogP contribution in [0, 0.1) is 0 Å². The standard InChI is InChI=1S/C24H29N3O/c28-24(19-26-14-11-22(12-15-26)21-9-5-2-6-10-21)25-23-13-16-27(18-23)17-20-7-3-1-4-8-20/h1-11,23H,12-19H2,(H,25,28)/t23-/m1/s1. The highest BCUT2D eigenvalue weighted by molar-refractivity contribution is 5.78. The minimum Gasteiger partial charge on any atom is -0.351 e. The molecule has 4 nitrogen and oxygen atoms in total. The second kappa shape index (κ2) is 9.18. The topological polar surface area (TPSA) is 35.6 Å². The van der Waals surface area contributed by atoms with Crippen molar-refractivity contribution in [1.82, 2.24) is 15.1 Å². The van der Waals surface area contributed by atoms with Crippen LogP contribution >= 0.6 is 0 Å². The molecule has 0 unspecified atom stereocenters. The fourth-order valence-corrected chi connectivity index (χ4v) is 4.18. The summed E-state index contributed by atoms with van der Waals surface area (Å²) < 4.78 is 0. The third-order valence-corrected chi connectivity index (χ3v) is 5.69. The molecule has 0 radical (unpaired) electrons. The Hall–Kier alpha value is -2.43. The number of likely N-dealkylation sites (tertiary alicyclic amines) is 1. The van der Waals surface area contributed by atoms with Crippen molar-refractivity contribution >= 4 is 11.5 Å². The molecule has 1 atom stereocenters. The van der Waals surface area contributed by atoms with E-state index >= 15 is 0 Å². The summed E-state index contributed by atoms with van der Waals surface area (Å²) in [5.41, 5.74) is 4.03. The Bertz CT molecular complexity index is 803. The monoisotopic (exact) mass is 375 g/mol. The molecule has 2 aromatic carbocycles. The molecule has 28 heavy (non-hydrogen) atoms. The van der Waals surface area contributed by atoms with Crippen LogP contribution in [0.1, 0.15) is 24.0 Å². The fourth-order valence-electron chi connectivity index (χ4n) is 4.18. The average Bonchev–Trinajstić information content (AvgIpc) is 3.16. The van der Waals surface area contributed by atoms with Gasteiger partial charge in [-0.3, -0.25) is 14.6 Å². The zero-order chi connectivity index (χ0) is 19.2. The fraction of sp³-hybridized carbons (Fsp3) is 0.375.